The third kappa shape index (κ3) is 1.44. The van der Waals surface area contributed by atoms with Gasteiger partial charge < -0.3 is 4.42 Å². The minimum Gasteiger partial charge on any atom is -0.453 e. The molecule has 0 N–H and O–H groups in total. The van der Waals surface area contributed by atoms with E-state index >= 15 is 0 Å². The van der Waals surface area contributed by atoms with Crippen LogP contribution in [0.5, 0.6) is 0 Å². The predicted octanol–water partition coefficient (Wildman–Crippen LogP) is 3.16. The van der Waals surface area contributed by atoms with Crippen LogP contribution in [-0.2, 0) is 0 Å². The maximum Gasteiger partial charge on any atom is 0.201 e. The Labute approximate surface area is 85.7 Å². The average molecular weight is 204 g/mol. The highest BCUT2D eigenvalue weighted by atomic mass is 19.1. The van der Waals surface area contributed by atoms with Crippen molar-refractivity contribution in [2.24, 2.45) is 5.92 Å². The maximum absolute atomic E-state index is 12.9. The summed E-state index contributed by atoms with van der Waals surface area (Å²) < 4.78 is 18.3. The number of fused-ring (bicyclic) bond motifs is 1. The van der Waals surface area contributed by atoms with Gasteiger partial charge in [-0.1, -0.05) is 0 Å². The van der Waals surface area contributed by atoms with Crippen molar-refractivity contribution in [2.75, 3.05) is 0 Å². The quantitative estimate of drug-likeness (QED) is 0.703. The van der Waals surface area contributed by atoms with Gasteiger partial charge in [-0.3, -0.25) is 4.79 Å². The monoisotopic (exact) mass is 204 g/mol. The summed E-state index contributed by atoms with van der Waals surface area (Å²) in [5.41, 5.74) is 0.570. The van der Waals surface area contributed by atoms with Gasteiger partial charge in [-0.25, -0.2) is 4.39 Å². The molecule has 0 aliphatic heterocycles. The van der Waals surface area contributed by atoms with Gasteiger partial charge in [-0.15, -0.1) is 0 Å². The molecule has 0 spiro atoms. The van der Waals surface area contributed by atoms with E-state index in [0.29, 0.717) is 16.7 Å². The van der Waals surface area contributed by atoms with Crippen LogP contribution in [0, 0.1) is 11.7 Å². The van der Waals surface area contributed by atoms with E-state index in [4.69, 9.17) is 4.42 Å². The molecule has 1 aromatic carbocycles. The van der Waals surface area contributed by atoms with E-state index in [0.717, 1.165) is 12.8 Å². The molecule has 0 bridgehead atoms. The Kier molecular flexibility index (Phi) is 1.69. The molecule has 1 aliphatic carbocycles. The van der Waals surface area contributed by atoms with Crippen LogP contribution in [-0.4, -0.2) is 5.78 Å². The molecule has 0 saturated heterocycles. The van der Waals surface area contributed by atoms with Crippen molar-refractivity contribution in [1.29, 1.82) is 0 Å². The molecule has 76 valence electrons. The second-order valence-corrected chi connectivity index (χ2v) is 3.93. The fourth-order valence-corrected chi connectivity index (χ4v) is 1.68. The summed E-state index contributed by atoms with van der Waals surface area (Å²) in [4.78, 5) is 11.7. The van der Waals surface area contributed by atoms with Crippen LogP contribution in [0.1, 0.15) is 23.4 Å². The van der Waals surface area contributed by atoms with Crippen molar-refractivity contribution in [3.63, 3.8) is 0 Å². The first kappa shape index (κ1) is 8.65. The second kappa shape index (κ2) is 2.92. The first-order chi connectivity index (χ1) is 7.24. The molecule has 2 nitrogen and oxygen atoms in total. The zero-order valence-electron chi connectivity index (χ0n) is 8.00. The molecule has 0 radical (unpaired) electrons. The number of furan rings is 1. The SMILES string of the molecule is O=C(c1cc2cc(F)ccc2o1)C1CC1. The van der Waals surface area contributed by atoms with Crippen LogP contribution in [0.25, 0.3) is 11.0 Å². The van der Waals surface area contributed by atoms with E-state index in [1.807, 2.05) is 0 Å². The minimum atomic E-state index is -0.311. The highest BCUT2D eigenvalue weighted by molar-refractivity contribution is 6.00. The molecular formula is C12H9FO2. The van der Waals surface area contributed by atoms with Crippen molar-refractivity contribution in [1.82, 2.24) is 0 Å². The molecule has 3 rings (SSSR count). The van der Waals surface area contributed by atoms with E-state index in [2.05, 4.69) is 0 Å². The molecule has 0 unspecified atom stereocenters. The van der Waals surface area contributed by atoms with Crippen molar-refractivity contribution >= 4 is 16.8 Å². The Bertz CT molecular complexity index is 538. The zero-order chi connectivity index (χ0) is 10.4. The molecular weight excluding hydrogens is 195 g/mol. The standard InChI is InChI=1S/C12H9FO2/c13-9-3-4-10-8(5-9)6-11(15-10)12(14)7-1-2-7/h3-7H,1-2H2. The second-order valence-electron chi connectivity index (χ2n) is 3.93. The van der Waals surface area contributed by atoms with Gasteiger partial charge in [0.2, 0.25) is 5.78 Å². The van der Waals surface area contributed by atoms with Gasteiger partial charge in [-0.2, -0.15) is 0 Å². The highest BCUT2D eigenvalue weighted by Gasteiger charge is 2.32. The fraction of sp³-hybridized carbons (Fsp3) is 0.250. The summed E-state index contributed by atoms with van der Waals surface area (Å²) in [5.74, 6) is 0.230. The number of benzene rings is 1. The lowest BCUT2D eigenvalue weighted by molar-refractivity contribution is 0.0942. The molecule has 3 heteroatoms. The Balaban J connectivity index is 2.09. The number of carbonyl (C=O) groups is 1. The third-order valence-electron chi connectivity index (χ3n) is 2.67. The third-order valence-corrected chi connectivity index (χ3v) is 2.67. The lowest BCUT2D eigenvalue weighted by Crippen LogP contribution is -1.98. The van der Waals surface area contributed by atoms with Crippen LogP contribution < -0.4 is 0 Å². The number of ketones is 1. The number of rotatable bonds is 2. The molecule has 1 aromatic heterocycles. The number of hydrogen-bond acceptors (Lipinski definition) is 2. The van der Waals surface area contributed by atoms with Gasteiger partial charge in [0.05, 0.1) is 0 Å². The molecule has 1 aliphatic rings. The molecule has 0 amide bonds. The van der Waals surface area contributed by atoms with Gasteiger partial charge >= 0.3 is 0 Å². The van der Waals surface area contributed by atoms with Crippen molar-refractivity contribution in [3.8, 4) is 0 Å². The molecule has 1 heterocycles. The van der Waals surface area contributed by atoms with Gasteiger partial charge in [0.1, 0.15) is 11.4 Å². The number of Topliss-reactive ketones (excluding diaryl/α,β-unsaturated/α-hetero) is 1. The van der Waals surface area contributed by atoms with Crippen LogP contribution >= 0.6 is 0 Å². The molecule has 15 heavy (non-hydrogen) atoms. The first-order valence-corrected chi connectivity index (χ1v) is 4.97. The summed E-state index contributed by atoms with van der Waals surface area (Å²) >= 11 is 0. The van der Waals surface area contributed by atoms with Gasteiger partial charge in [0, 0.05) is 11.3 Å². The van der Waals surface area contributed by atoms with E-state index in [-0.39, 0.29) is 17.5 Å². The normalized spacial score (nSPS) is 15.8. The first-order valence-electron chi connectivity index (χ1n) is 4.97. The summed E-state index contributed by atoms with van der Waals surface area (Å²) in [7, 11) is 0. The smallest absolute Gasteiger partial charge is 0.201 e. The summed E-state index contributed by atoms with van der Waals surface area (Å²) in [6, 6.07) is 5.88. The highest BCUT2D eigenvalue weighted by Crippen LogP contribution is 2.34. The van der Waals surface area contributed by atoms with E-state index in [1.165, 1.54) is 12.1 Å². The summed E-state index contributed by atoms with van der Waals surface area (Å²) in [6.45, 7) is 0. The predicted molar refractivity (Wildman–Crippen MR) is 53.2 cm³/mol. The van der Waals surface area contributed by atoms with Crippen LogP contribution in [0.3, 0.4) is 0 Å². The van der Waals surface area contributed by atoms with Crippen LogP contribution in [0.15, 0.2) is 28.7 Å². The van der Waals surface area contributed by atoms with Crippen molar-refractivity contribution in [3.05, 3.63) is 35.8 Å². The lowest BCUT2D eigenvalue weighted by atomic mass is 10.2. The number of halogens is 1. The number of carbonyl (C=O) groups excluding carboxylic acids is 1. The molecule has 1 saturated carbocycles. The largest absolute Gasteiger partial charge is 0.453 e. The molecule has 2 aromatic rings. The number of hydrogen-bond donors (Lipinski definition) is 0. The Morgan fingerprint density at radius 2 is 2.13 bits per heavy atom. The molecule has 0 atom stereocenters. The van der Waals surface area contributed by atoms with Crippen molar-refractivity contribution < 1.29 is 13.6 Å². The average Bonchev–Trinajstić information content (AvgIpc) is 2.97. The van der Waals surface area contributed by atoms with E-state index in [1.54, 1.807) is 12.1 Å². The minimum absolute atomic E-state index is 0.0478. The van der Waals surface area contributed by atoms with Gasteiger partial charge in [0.25, 0.3) is 0 Å². The van der Waals surface area contributed by atoms with Crippen LogP contribution in [0.4, 0.5) is 4.39 Å². The maximum atomic E-state index is 12.9. The summed E-state index contributed by atoms with van der Waals surface area (Å²) in [5, 5.41) is 0.652. The fourth-order valence-electron chi connectivity index (χ4n) is 1.68. The summed E-state index contributed by atoms with van der Waals surface area (Å²) in [6.07, 6.45) is 1.90. The Morgan fingerprint density at radius 3 is 2.87 bits per heavy atom. The molecule has 1 fully saturated rings. The van der Waals surface area contributed by atoms with Gasteiger partial charge in [-0.05, 0) is 37.1 Å². The lowest BCUT2D eigenvalue weighted by Gasteiger charge is -1.89. The van der Waals surface area contributed by atoms with Gasteiger partial charge in [0.15, 0.2) is 5.76 Å². The Hall–Kier alpha value is -1.64. The van der Waals surface area contributed by atoms with E-state index < -0.39 is 0 Å². The van der Waals surface area contributed by atoms with E-state index in [9.17, 15) is 9.18 Å². The zero-order valence-corrected chi connectivity index (χ0v) is 8.00. The topological polar surface area (TPSA) is 30.2 Å². The van der Waals surface area contributed by atoms with Crippen molar-refractivity contribution in [2.45, 2.75) is 12.8 Å². The van der Waals surface area contributed by atoms with Crippen LogP contribution in [0.2, 0.25) is 0 Å². The Morgan fingerprint density at radius 1 is 1.33 bits per heavy atom.